The maximum Gasteiger partial charge on any atom is 0.308 e. The van der Waals surface area contributed by atoms with Gasteiger partial charge in [-0.05, 0) is 33.4 Å². The van der Waals surface area contributed by atoms with E-state index in [1.54, 1.807) is 20.8 Å². The van der Waals surface area contributed by atoms with Crippen LogP contribution >= 0.6 is 0 Å². The van der Waals surface area contributed by atoms with Gasteiger partial charge >= 0.3 is 5.97 Å². The normalized spacial score (nSPS) is 14.6. The highest BCUT2D eigenvalue weighted by Crippen LogP contribution is 2.11. The molecule has 0 amide bonds. The second kappa shape index (κ2) is 4.80. The number of carboxylic acids is 1. The topological polar surface area (TPSA) is 49.3 Å². The van der Waals surface area contributed by atoms with E-state index in [0.29, 0.717) is 0 Å². The molecule has 0 bridgehead atoms. The number of carbonyl (C=O) groups is 1. The monoisotopic (exact) mass is 171 g/mol. The van der Waals surface area contributed by atoms with Crippen molar-refractivity contribution in [1.82, 2.24) is 5.32 Å². The molecule has 0 aromatic rings. The first kappa shape index (κ1) is 11.0. The minimum absolute atomic E-state index is 0.583. The molecule has 0 aliphatic carbocycles. The first-order valence-corrected chi connectivity index (χ1v) is 4.06. The van der Waals surface area contributed by atoms with Gasteiger partial charge in [-0.15, -0.1) is 0 Å². The van der Waals surface area contributed by atoms with Gasteiger partial charge in [-0.2, -0.15) is 0 Å². The van der Waals surface area contributed by atoms with Crippen LogP contribution in [0.4, 0.5) is 0 Å². The molecular weight excluding hydrogens is 154 g/mol. The molecular formula is C9H17NO2. The SMILES string of the molecule is C1=CNCC1.CC(C)(C)C(=O)O. The first-order chi connectivity index (χ1) is 5.44. The Morgan fingerprint density at radius 1 is 1.50 bits per heavy atom. The third kappa shape index (κ3) is 5.77. The van der Waals surface area contributed by atoms with E-state index in [1.165, 1.54) is 6.42 Å². The van der Waals surface area contributed by atoms with Crippen molar-refractivity contribution in [1.29, 1.82) is 0 Å². The minimum atomic E-state index is -0.757. The summed E-state index contributed by atoms with van der Waals surface area (Å²) in [5, 5.41) is 11.3. The standard InChI is InChI=1S/C5H10O2.C4H7N/c1-5(2,3)4(6)7;1-2-4-5-3-1/h1-3H3,(H,6,7);1,3,5H,2,4H2. The Morgan fingerprint density at radius 3 is 2.08 bits per heavy atom. The molecule has 2 N–H and O–H groups in total. The number of nitrogens with one attached hydrogen (secondary N) is 1. The highest BCUT2D eigenvalue weighted by Gasteiger charge is 2.18. The van der Waals surface area contributed by atoms with E-state index in [4.69, 9.17) is 5.11 Å². The van der Waals surface area contributed by atoms with Gasteiger partial charge in [-0.1, -0.05) is 6.08 Å². The predicted octanol–water partition coefficient (Wildman–Crippen LogP) is 1.61. The third-order valence-corrected chi connectivity index (χ3v) is 1.33. The zero-order valence-corrected chi connectivity index (χ0v) is 7.92. The second-order valence-corrected chi connectivity index (χ2v) is 3.70. The lowest BCUT2D eigenvalue weighted by atomic mass is 9.98. The molecule has 1 heterocycles. The fourth-order valence-electron chi connectivity index (χ4n) is 0.417. The largest absolute Gasteiger partial charge is 0.481 e. The smallest absolute Gasteiger partial charge is 0.308 e. The highest BCUT2D eigenvalue weighted by atomic mass is 16.4. The fraction of sp³-hybridized carbons (Fsp3) is 0.667. The van der Waals surface area contributed by atoms with Crippen LogP contribution in [0, 0.1) is 5.41 Å². The van der Waals surface area contributed by atoms with E-state index in [-0.39, 0.29) is 0 Å². The summed E-state index contributed by atoms with van der Waals surface area (Å²) < 4.78 is 0. The van der Waals surface area contributed by atoms with Crippen LogP contribution in [0.1, 0.15) is 27.2 Å². The predicted molar refractivity (Wildman–Crippen MR) is 48.9 cm³/mol. The van der Waals surface area contributed by atoms with Crippen LogP contribution in [0.2, 0.25) is 0 Å². The Morgan fingerprint density at radius 2 is 2.00 bits per heavy atom. The Kier molecular flexibility index (Phi) is 4.40. The van der Waals surface area contributed by atoms with Gasteiger partial charge in [0.1, 0.15) is 0 Å². The molecule has 12 heavy (non-hydrogen) atoms. The van der Waals surface area contributed by atoms with Crippen molar-refractivity contribution >= 4 is 5.97 Å². The van der Waals surface area contributed by atoms with E-state index in [1.807, 2.05) is 6.20 Å². The Bertz CT molecular complexity index is 162. The Balaban J connectivity index is 0.000000211. The Hall–Kier alpha value is -0.990. The zero-order valence-electron chi connectivity index (χ0n) is 7.92. The molecule has 0 spiro atoms. The van der Waals surface area contributed by atoms with E-state index < -0.39 is 11.4 Å². The third-order valence-electron chi connectivity index (χ3n) is 1.33. The summed E-state index contributed by atoms with van der Waals surface area (Å²) >= 11 is 0. The molecule has 1 aliphatic rings. The molecule has 0 aromatic carbocycles. The van der Waals surface area contributed by atoms with E-state index >= 15 is 0 Å². The average molecular weight is 171 g/mol. The molecule has 1 rings (SSSR count). The van der Waals surface area contributed by atoms with Gasteiger partial charge in [-0.25, -0.2) is 0 Å². The number of aliphatic carboxylic acids is 1. The quantitative estimate of drug-likeness (QED) is 0.582. The van der Waals surface area contributed by atoms with Crippen LogP contribution in [0.3, 0.4) is 0 Å². The molecule has 0 aromatic heterocycles. The van der Waals surface area contributed by atoms with E-state index in [2.05, 4.69) is 11.4 Å². The lowest BCUT2D eigenvalue weighted by Crippen LogP contribution is -2.18. The lowest BCUT2D eigenvalue weighted by molar-refractivity contribution is -0.145. The zero-order chi connectivity index (χ0) is 9.61. The summed E-state index contributed by atoms with van der Waals surface area (Å²) in [6.07, 6.45) is 5.32. The second-order valence-electron chi connectivity index (χ2n) is 3.70. The van der Waals surface area contributed by atoms with Crippen LogP contribution in [-0.2, 0) is 4.79 Å². The van der Waals surface area contributed by atoms with Crippen molar-refractivity contribution in [2.75, 3.05) is 6.54 Å². The number of carboxylic acid groups (broad SMARTS) is 1. The van der Waals surface area contributed by atoms with E-state index in [0.717, 1.165) is 6.54 Å². The molecule has 0 radical (unpaired) electrons. The molecule has 70 valence electrons. The van der Waals surface area contributed by atoms with Gasteiger partial charge in [-0.3, -0.25) is 4.79 Å². The van der Waals surface area contributed by atoms with E-state index in [9.17, 15) is 4.79 Å². The first-order valence-electron chi connectivity index (χ1n) is 4.06. The van der Waals surface area contributed by atoms with Crippen LogP contribution in [0.5, 0.6) is 0 Å². The van der Waals surface area contributed by atoms with Gasteiger partial charge in [0.05, 0.1) is 5.41 Å². The maximum absolute atomic E-state index is 10.0. The van der Waals surface area contributed by atoms with Crippen LogP contribution < -0.4 is 5.32 Å². The van der Waals surface area contributed by atoms with Crippen molar-refractivity contribution in [2.24, 2.45) is 5.41 Å². The van der Waals surface area contributed by atoms with Crippen molar-refractivity contribution in [3.05, 3.63) is 12.3 Å². The van der Waals surface area contributed by atoms with Crippen molar-refractivity contribution in [3.8, 4) is 0 Å². The van der Waals surface area contributed by atoms with Crippen molar-refractivity contribution < 1.29 is 9.90 Å². The summed E-state index contributed by atoms with van der Waals surface area (Å²) in [6.45, 7) is 6.12. The summed E-state index contributed by atoms with van der Waals surface area (Å²) in [5.41, 5.74) is -0.583. The minimum Gasteiger partial charge on any atom is -0.481 e. The molecule has 0 saturated carbocycles. The van der Waals surface area contributed by atoms with Crippen molar-refractivity contribution in [2.45, 2.75) is 27.2 Å². The van der Waals surface area contributed by atoms with Gasteiger partial charge in [0.15, 0.2) is 0 Å². The number of hydrogen-bond donors (Lipinski definition) is 2. The average Bonchev–Trinajstić information content (AvgIpc) is 2.39. The summed E-state index contributed by atoms with van der Waals surface area (Å²) in [6, 6.07) is 0. The van der Waals surface area contributed by atoms with Crippen LogP contribution in [0.15, 0.2) is 12.3 Å². The Labute approximate surface area is 73.5 Å². The molecule has 0 atom stereocenters. The summed E-state index contributed by atoms with van der Waals surface area (Å²) in [5.74, 6) is -0.757. The number of hydrogen-bond acceptors (Lipinski definition) is 2. The maximum atomic E-state index is 10.0. The van der Waals surface area contributed by atoms with Crippen molar-refractivity contribution in [3.63, 3.8) is 0 Å². The van der Waals surface area contributed by atoms with Gasteiger partial charge in [0, 0.05) is 6.54 Å². The van der Waals surface area contributed by atoms with Gasteiger partial charge < -0.3 is 10.4 Å². The van der Waals surface area contributed by atoms with Crippen LogP contribution in [0.25, 0.3) is 0 Å². The van der Waals surface area contributed by atoms with Gasteiger partial charge in [0.25, 0.3) is 0 Å². The van der Waals surface area contributed by atoms with Gasteiger partial charge in [0.2, 0.25) is 0 Å². The summed E-state index contributed by atoms with van der Waals surface area (Å²) in [4.78, 5) is 10.0. The summed E-state index contributed by atoms with van der Waals surface area (Å²) in [7, 11) is 0. The molecule has 1 aliphatic heterocycles. The molecule has 3 heteroatoms. The lowest BCUT2D eigenvalue weighted by Gasteiger charge is -2.08. The molecule has 0 fully saturated rings. The highest BCUT2D eigenvalue weighted by molar-refractivity contribution is 5.72. The molecule has 3 nitrogen and oxygen atoms in total. The van der Waals surface area contributed by atoms with Crippen LogP contribution in [-0.4, -0.2) is 17.6 Å². The molecule has 0 saturated heterocycles. The fourth-order valence-corrected chi connectivity index (χ4v) is 0.417. The molecule has 0 unspecified atom stereocenters. The number of rotatable bonds is 0.